The third-order valence-corrected chi connectivity index (χ3v) is 3.88. The van der Waals surface area contributed by atoms with Crippen molar-refractivity contribution in [2.75, 3.05) is 20.6 Å². The third kappa shape index (κ3) is 3.18. The van der Waals surface area contributed by atoms with Crippen molar-refractivity contribution in [3.63, 3.8) is 0 Å². The van der Waals surface area contributed by atoms with Crippen LogP contribution in [0.3, 0.4) is 0 Å². The van der Waals surface area contributed by atoms with Crippen molar-refractivity contribution in [2.24, 2.45) is 11.8 Å². The van der Waals surface area contributed by atoms with E-state index in [1.165, 1.54) is 25.8 Å². The first-order chi connectivity index (χ1) is 7.10. The Morgan fingerprint density at radius 1 is 1.27 bits per heavy atom. The summed E-state index contributed by atoms with van der Waals surface area (Å²) in [6.07, 6.45) is 3.97. The van der Waals surface area contributed by atoms with Crippen molar-refractivity contribution in [3.05, 3.63) is 0 Å². The second-order valence-corrected chi connectivity index (χ2v) is 5.42. The van der Waals surface area contributed by atoms with Gasteiger partial charge in [-0.25, -0.2) is 0 Å². The normalized spacial score (nSPS) is 37.2. The van der Waals surface area contributed by atoms with Gasteiger partial charge in [-0.2, -0.15) is 0 Å². The summed E-state index contributed by atoms with van der Waals surface area (Å²) in [6, 6.07) is 1.41. The van der Waals surface area contributed by atoms with Crippen molar-refractivity contribution in [2.45, 2.75) is 52.1 Å². The third-order valence-electron chi connectivity index (χ3n) is 3.88. The summed E-state index contributed by atoms with van der Waals surface area (Å²) in [7, 11) is 4.40. The van der Waals surface area contributed by atoms with Crippen molar-refractivity contribution < 1.29 is 0 Å². The molecule has 2 heteroatoms. The summed E-state index contributed by atoms with van der Waals surface area (Å²) in [5, 5.41) is 3.51. The lowest BCUT2D eigenvalue weighted by molar-refractivity contribution is 0.0838. The van der Waals surface area contributed by atoms with E-state index in [1.54, 1.807) is 0 Å². The predicted octanol–water partition coefficient (Wildman–Crippen LogP) is 2.35. The molecule has 0 spiro atoms. The van der Waals surface area contributed by atoms with Gasteiger partial charge in [-0.15, -0.1) is 0 Å². The predicted molar refractivity (Wildman–Crippen MR) is 67.1 cm³/mol. The largest absolute Gasteiger partial charge is 0.315 e. The summed E-state index contributed by atoms with van der Waals surface area (Å²) >= 11 is 0. The van der Waals surface area contributed by atoms with Gasteiger partial charge in [0.2, 0.25) is 0 Å². The first-order valence-electron chi connectivity index (χ1n) is 6.47. The molecule has 4 atom stereocenters. The molecule has 0 aromatic rings. The fraction of sp³-hybridized carbons (Fsp3) is 1.00. The minimum Gasteiger partial charge on any atom is -0.315 e. The summed E-state index contributed by atoms with van der Waals surface area (Å²) in [5.74, 6) is 1.70. The first kappa shape index (κ1) is 13.0. The Labute approximate surface area is 95.4 Å². The quantitative estimate of drug-likeness (QED) is 0.769. The molecule has 0 heterocycles. The molecule has 1 aliphatic carbocycles. The molecule has 0 bridgehead atoms. The maximum absolute atomic E-state index is 3.51. The Balaban J connectivity index is 2.64. The van der Waals surface area contributed by atoms with Gasteiger partial charge in [-0.3, -0.25) is 0 Å². The molecule has 1 fully saturated rings. The summed E-state index contributed by atoms with van der Waals surface area (Å²) < 4.78 is 0. The van der Waals surface area contributed by atoms with Crippen LogP contribution in [-0.4, -0.2) is 37.6 Å². The van der Waals surface area contributed by atoms with Gasteiger partial charge in [-0.1, -0.05) is 20.8 Å². The summed E-state index contributed by atoms with van der Waals surface area (Å²) in [4.78, 5) is 2.55. The number of nitrogens with one attached hydrogen (secondary N) is 1. The highest BCUT2D eigenvalue weighted by Crippen LogP contribution is 2.31. The summed E-state index contributed by atoms with van der Waals surface area (Å²) in [5.41, 5.74) is 0. The van der Waals surface area contributed by atoms with Gasteiger partial charge in [0.1, 0.15) is 0 Å². The number of nitrogens with zero attached hydrogens (tertiary/aromatic N) is 1. The molecule has 0 amide bonds. The van der Waals surface area contributed by atoms with Crippen molar-refractivity contribution >= 4 is 0 Å². The molecule has 2 nitrogen and oxygen atoms in total. The van der Waals surface area contributed by atoms with Crippen LogP contribution in [0.15, 0.2) is 0 Å². The summed E-state index contributed by atoms with van der Waals surface area (Å²) in [6.45, 7) is 8.29. The van der Waals surface area contributed by atoms with E-state index >= 15 is 0 Å². The van der Waals surface area contributed by atoms with Gasteiger partial charge < -0.3 is 10.2 Å². The Morgan fingerprint density at radius 3 is 2.47 bits per heavy atom. The Kier molecular flexibility index (Phi) is 5.07. The Morgan fingerprint density at radius 2 is 1.93 bits per heavy atom. The minimum atomic E-state index is 0.681. The van der Waals surface area contributed by atoms with Crippen LogP contribution >= 0.6 is 0 Å². The lowest BCUT2D eigenvalue weighted by Gasteiger charge is -2.44. The molecule has 0 aliphatic heterocycles. The van der Waals surface area contributed by atoms with Crippen molar-refractivity contribution in [3.8, 4) is 0 Å². The monoisotopic (exact) mass is 212 g/mol. The minimum absolute atomic E-state index is 0.681. The van der Waals surface area contributed by atoms with Crippen LogP contribution < -0.4 is 5.32 Å². The van der Waals surface area contributed by atoms with Crippen LogP contribution in [0.5, 0.6) is 0 Å². The molecule has 0 radical (unpaired) electrons. The molecule has 1 N–H and O–H groups in total. The number of hydrogen-bond acceptors (Lipinski definition) is 2. The molecule has 90 valence electrons. The first-order valence-corrected chi connectivity index (χ1v) is 6.47. The van der Waals surface area contributed by atoms with Gasteiger partial charge in [-0.05, 0) is 51.7 Å². The molecule has 15 heavy (non-hydrogen) atoms. The van der Waals surface area contributed by atoms with E-state index in [4.69, 9.17) is 0 Å². The van der Waals surface area contributed by atoms with Gasteiger partial charge in [0.25, 0.3) is 0 Å². The molecule has 0 saturated heterocycles. The standard InChI is InChI=1S/C13H28N2/c1-6-7-15(5)13-11(3)8-10(2)9-12(13)14-4/h10-14H,6-9H2,1-5H3. The van der Waals surface area contributed by atoms with Gasteiger partial charge >= 0.3 is 0 Å². The van der Waals surface area contributed by atoms with Crippen LogP contribution in [0.1, 0.15) is 40.0 Å². The van der Waals surface area contributed by atoms with Crippen LogP contribution in [-0.2, 0) is 0 Å². The molecule has 1 rings (SSSR count). The van der Waals surface area contributed by atoms with Crippen LogP contribution in [0.2, 0.25) is 0 Å². The van der Waals surface area contributed by atoms with E-state index in [0.29, 0.717) is 6.04 Å². The number of hydrogen-bond donors (Lipinski definition) is 1. The molecule has 4 unspecified atom stereocenters. The molecule has 0 aromatic carbocycles. The smallest absolute Gasteiger partial charge is 0.0271 e. The van der Waals surface area contributed by atoms with E-state index in [9.17, 15) is 0 Å². The number of likely N-dealkylation sites (N-methyl/N-ethyl adjacent to an activating group) is 2. The van der Waals surface area contributed by atoms with E-state index in [0.717, 1.165) is 17.9 Å². The maximum atomic E-state index is 3.51. The fourth-order valence-corrected chi connectivity index (χ4v) is 3.37. The van der Waals surface area contributed by atoms with Gasteiger partial charge in [0.05, 0.1) is 0 Å². The fourth-order valence-electron chi connectivity index (χ4n) is 3.37. The zero-order valence-electron chi connectivity index (χ0n) is 11.1. The highest BCUT2D eigenvalue weighted by atomic mass is 15.2. The highest BCUT2D eigenvalue weighted by molar-refractivity contribution is 4.92. The van der Waals surface area contributed by atoms with Crippen LogP contribution in [0.25, 0.3) is 0 Å². The number of rotatable bonds is 4. The SMILES string of the molecule is CCCN(C)C1C(C)CC(C)CC1NC. The molecule has 0 aromatic heterocycles. The van der Waals surface area contributed by atoms with E-state index in [-0.39, 0.29) is 0 Å². The van der Waals surface area contributed by atoms with E-state index in [1.807, 2.05) is 0 Å². The Hall–Kier alpha value is -0.0800. The average Bonchev–Trinajstić information content (AvgIpc) is 2.16. The van der Waals surface area contributed by atoms with Crippen LogP contribution in [0.4, 0.5) is 0 Å². The van der Waals surface area contributed by atoms with Crippen molar-refractivity contribution in [1.29, 1.82) is 0 Å². The Bertz CT molecular complexity index is 177. The van der Waals surface area contributed by atoms with Crippen LogP contribution in [0, 0.1) is 11.8 Å². The molecule has 1 saturated carbocycles. The lowest BCUT2D eigenvalue weighted by Crippen LogP contribution is -2.54. The molecular weight excluding hydrogens is 184 g/mol. The zero-order chi connectivity index (χ0) is 11.4. The molecule has 1 aliphatic rings. The second-order valence-electron chi connectivity index (χ2n) is 5.42. The highest BCUT2D eigenvalue weighted by Gasteiger charge is 2.35. The molecular formula is C13H28N2. The second kappa shape index (κ2) is 5.86. The van der Waals surface area contributed by atoms with E-state index in [2.05, 4.69) is 45.1 Å². The van der Waals surface area contributed by atoms with E-state index < -0.39 is 0 Å². The lowest BCUT2D eigenvalue weighted by atomic mass is 9.76. The van der Waals surface area contributed by atoms with Gasteiger partial charge in [0, 0.05) is 12.1 Å². The van der Waals surface area contributed by atoms with Gasteiger partial charge in [0.15, 0.2) is 0 Å². The average molecular weight is 212 g/mol. The maximum Gasteiger partial charge on any atom is 0.0271 e. The topological polar surface area (TPSA) is 15.3 Å². The van der Waals surface area contributed by atoms with Crippen molar-refractivity contribution in [1.82, 2.24) is 10.2 Å². The zero-order valence-corrected chi connectivity index (χ0v) is 11.1.